The van der Waals surface area contributed by atoms with Crippen LogP contribution in [0.3, 0.4) is 0 Å². The number of H-pyrrole nitrogens is 1. The van der Waals surface area contributed by atoms with Crippen molar-refractivity contribution < 1.29 is 4.39 Å². The van der Waals surface area contributed by atoms with Crippen molar-refractivity contribution in [2.24, 2.45) is 0 Å². The molecule has 0 radical (unpaired) electrons. The van der Waals surface area contributed by atoms with E-state index in [1.165, 1.54) is 12.1 Å². The maximum atomic E-state index is 13.7. The number of rotatable bonds is 1. The number of hydrogen-bond donors (Lipinski definition) is 1. The van der Waals surface area contributed by atoms with Crippen LogP contribution in [0.1, 0.15) is 5.69 Å². The summed E-state index contributed by atoms with van der Waals surface area (Å²) < 4.78 is 13.7. The van der Waals surface area contributed by atoms with Crippen LogP contribution >= 0.6 is 11.6 Å². The summed E-state index contributed by atoms with van der Waals surface area (Å²) in [6.07, 6.45) is 0. The quantitative estimate of drug-likeness (QED) is 0.725. The van der Waals surface area contributed by atoms with Crippen LogP contribution in [0.5, 0.6) is 0 Å². The zero-order valence-electron chi connectivity index (χ0n) is 9.54. The number of halogens is 2. The van der Waals surface area contributed by atoms with Crippen LogP contribution in [0.4, 0.5) is 4.39 Å². The van der Waals surface area contributed by atoms with Crippen molar-refractivity contribution in [1.29, 1.82) is 0 Å². The first-order valence-electron chi connectivity index (χ1n) is 5.42. The van der Waals surface area contributed by atoms with E-state index < -0.39 is 0 Å². The van der Waals surface area contributed by atoms with Crippen molar-refractivity contribution in [3.63, 3.8) is 0 Å². The Bertz CT molecular complexity index is 736. The molecular weight excluding hydrogens is 253 g/mol. The van der Waals surface area contributed by atoms with Gasteiger partial charge in [0, 0.05) is 10.7 Å². The highest BCUT2D eigenvalue weighted by molar-refractivity contribution is 6.30. The Balaban J connectivity index is 2.22. The van der Waals surface area contributed by atoms with Gasteiger partial charge in [-0.1, -0.05) is 11.6 Å². The Morgan fingerprint density at radius 2 is 2.00 bits per heavy atom. The first-order chi connectivity index (χ1) is 8.63. The summed E-state index contributed by atoms with van der Waals surface area (Å²) in [4.78, 5) is 11.6. The van der Waals surface area contributed by atoms with E-state index >= 15 is 0 Å². The molecule has 0 aliphatic carbocycles. The molecule has 0 saturated carbocycles. The van der Waals surface area contributed by atoms with E-state index in [4.69, 9.17) is 11.6 Å². The number of pyridine rings is 1. The number of hydrogen-bond acceptors (Lipinski definition) is 2. The van der Waals surface area contributed by atoms with E-state index in [0.29, 0.717) is 22.1 Å². The molecule has 0 amide bonds. The van der Waals surface area contributed by atoms with Gasteiger partial charge in [0.2, 0.25) is 0 Å². The van der Waals surface area contributed by atoms with Crippen LogP contribution in [0.2, 0.25) is 5.02 Å². The minimum atomic E-state index is -0.366. The average molecular weight is 262 g/mol. The van der Waals surface area contributed by atoms with Gasteiger partial charge in [0.1, 0.15) is 11.6 Å². The van der Waals surface area contributed by atoms with Gasteiger partial charge < -0.3 is 4.98 Å². The van der Waals surface area contributed by atoms with Gasteiger partial charge in [0.25, 0.3) is 0 Å². The lowest BCUT2D eigenvalue weighted by Crippen LogP contribution is -1.86. The fraction of sp³-hybridized carbons (Fsp3) is 0.0769. The third-order valence-electron chi connectivity index (χ3n) is 2.67. The van der Waals surface area contributed by atoms with E-state index in [1.807, 2.05) is 19.1 Å². The molecule has 90 valence electrons. The van der Waals surface area contributed by atoms with E-state index in [0.717, 1.165) is 11.2 Å². The van der Waals surface area contributed by atoms with Gasteiger partial charge in [0.15, 0.2) is 5.65 Å². The fourth-order valence-corrected chi connectivity index (χ4v) is 1.97. The number of imidazole rings is 1. The number of aromatic nitrogens is 3. The molecule has 3 rings (SSSR count). The summed E-state index contributed by atoms with van der Waals surface area (Å²) in [6, 6.07) is 8.12. The largest absolute Gasteiger partial charge is 0.336 e. The molecule has 5 heteroatoms. The monoisotopic (exact) mass is 261 g/mol. The molecule has 1 aromatic carbocycles. The molecule has 3 aromatic rings. The number of fused-ring (bicyclic) bond motifs is 1. The SMILES string of the molecule is Cc1ccc2[nH]c(-c3cc(Cl)ccc3F)nc2n1. The molecule has 0 atom stereocenters. The molecule has 0 aliphatic rings. The molecule has 0 bridgehead atoms. The maximum Gasteiger partial charge on any atom is 0.178 e. The molecular formula is C13H9ClFN3. The van der Waals surface area contributed by atoms with E-state index in [-0.39, 0.29) is 5.82 Å². The van der Waals surface area contributed by atoms with E-state index in [2.05, 4.69) is 15.0 Å². The molecule has 0 unspecified atom stereocenters. The van der Waals surface area contributed by atoms with Gasteiger partial charge in [-0.2, -0.15) is 0 Å². The zero-order chi connectivity index (χ0) is 12.7. The van der Waals surface area contributed by atoms with E-state index in [9.17, 15) is 4.39 Å². The molecule has 18 heavy (non-hydrogen) atoms. The van der Waals surface area contributed by atoms with Crippen LogP contribution < -0.4 is 0 Å². The fourth-order valence-electron chi connectivity index (χ4n) is 1.79. The highest BCUT2D eigenvalue weighted by Crippen LogP contribution is 2.25. The Morgan fingerprint density at radius 1 is 1.17 bits per heavy atom. The summed E-state index contributed by atoms with van der Waals surface area (Å²) in [5.74, 6) is 0.0679. The molecule has 0 saturated heterocycles. The van der Waals surface area contributed by atoms with Crippen LogP contribution in [-0.2, 0) is 0 Å². The summed E-state index contributed by atoms with van der Waals surface area (Å²) in [6.45, 7) is 1.88. The lowest BCUT2D eigenvalue weighted by atomic mass is 10.2. The summed E-state index contributed by atoms with van der Waals surface area (Å²) >= 11 is 5.87. The minimum absolute atomic E-state index is 0.346. The van der Waals surface area contributed by atoms with Crippen molar-refractivity contribution in [3.05, 3.63) is 46.9 Å². The highest BCUT2D eigenvalue weighted by atomic mass is 35.5. The van der Waals surface area contributed by atoms with Gasteiger partial charge >= 0.3 is 0 Å². The Kier molecular flexibility index (Phi) is 2.52. The topological polar surface area (TPSA) is 41.6 Å². The molecule has 0 spiro atoms. The van der Waals surface area contributed by atoms with Crippen molar-refractivity contribution in [1.82, 2.24) is 15.0 Å². The van der Waals surface area contributed by atoms with Crippen molar-refractivity contribution >= 4 is 22.8 Å². The van der Waals surface area contributed by atoms with Crippen LogP contribution in [0.25, 0.3) is 22.6 Å². The second kappa shape index (κ2) is 4.07. The Labute approximate surface area is 108 Å². The summed E-state index contributed by atoms with van der Waals surface area (Å²) in [7, 11) is 0. The molecule has 1 N–H and O–H groups in total. The normalized spacial score (nSPS) is 11.1. The lowest BCUT2D eigenvalue weighted by Gasteiger charge is -1.99. The first-order valence-corrected chi connectivity index (χ1v) is 5.80. The summed E-state index contributed by atoms with van der Waals surface area (Å²) in [5.41, 5.74) is 2.56. The second-order valence-electron chi connectivity index (χ2n) is 4.03. The van der Waals surface area contributed by atoms with Crippen molar-refractivity contribution in [2.45, 2.75) is 6.92 Å². The standard InChI is InChI=1S/C13H9ClFN3/c1-7-2-5-11-13(16-7)18-12(17-11)9-6-8(14)3-4-10(9)15/h2-6H,1H3,(H,16,17,18). The van der Waals surface area contributed by atoms with Gasteiger partial charge in [-0.3, -0.25) is 0 Å². The van der Waals surface area contributed by atoms with Crippen molar-refractivity contribution in [2.75, 3.05) is 0 Å². The predicted octanol–water partition coefficient (Wildman–Crippen LogP) is 3.73. The minimum Gasteiger partial charge on any atom is -0.336 e. The molecule has 2 heterocycles. The summed E-state index contributed by atoms with van der Waals surface area (Å²) in [5, 5.41) is 0.469. The van der Waals surface area contributed by atoms with Crippen molar-refractivity contribution in [3.8, 4) is 11.4 Å². The average Bonchev–Trinajstić information content (AvgIpc) is 2.74. The van der Waals surface area contributed by atoms with Crippen LogP contribution in [-0.4, -0.2) is 15.0 Å². The first kappa shape index (κ1) is 11.2. The Morgan fingerprint density at radius 3 is 2.83 bits per heavy atom. The maximum absolute atomic E-state index is 13.7. The van der Waals surface area contributed by atoms with Gasteiger partial charge in [-0.15, -0.1) is 0 Å². The van der Waals surface area contributed by atoms with Gasteiger partial charge in [-0.05, 0) is 37.3 Å². The molecule has 0 aliphatic heterocycles. The number of nitrogens with one attached hydrogen (secondary N) is 1. The zero-order valence-corrected chi connectivity index (χ0v) is 10.3. The van der Waals surface area contributed by atoms with Gasteiger partial charge in [-0.25, -0.2) is 14.4 Å². The second-order valence-corrected chi connectivity index (χ2v) is 4.47. The number of benzene rings is 1. The molecule has 2 aromatic heterocycles. The third-order valence-corrected chi connectivity index (χ3v) is 2.90. The van der Waals surface area contributed by atoms with Gasteiger partial charge in [0.05, 0.1) is 11.1 Å². The van der Waals surface area contributed by atoms with E-state index in [1.54, 1.807) is 6.07 Å². The Hall–Kier alpha value is -1.94. The lowest BCUT2D eigenvalue weighted by molar-refractivity contribution is 0.630. The predicted molar refractivity (Wildman–Crippen MR) is 69.0 cm³/mol. The highest BCUT2D eigenvalue weighted by Gasteiger charge is 2.11. The smallest absolute Gasteiger partial charge is 0.178 e. The third kappa shape index (κ3) is 1.84. The number of aryl methyl sites for hydroxylation is 1. The van der Waals surface area contributed by atoms with Crippen LogP contribution in [0, 0.1) is 12.7 Å². The van der Waals surface area contributed by atoms with Crippen LogP contribution in [0.15, 0.2) is 30.3 Å². The molecule has 3 nitrogen and oxygen atoms in total. The number of nitrogens with zero attached hydrogens (tertiary/aromatic N) is 2. The number of aromatic amines is 1. The molecule has 0 fully saturated rings.